The van der Waals surface area contributed by atoms with Crippen LogP contribution in [0.1, 0.15) is 66.7 Å². The Morgan fingerprint density at radius 1 is 0.833 bits per heavy atom. The Kier molecular flexibility index (Phi) is 24.4. The van der Waals surface area contributed by atoms with Gasteiger partial charge in [0.05, 0.1) is 20.3 Å². The molecule has 0 aromatic rings. The van der Waals surface area contributed by atoms with Gasteiger partial charge in [0.2, 0.25) is 0 Å². The summed E-state index contributed by atoms with van der Waals surface area (Å²) in [5, 5.41) is 7.89. The van der Waals surface area contributed by atoms with E-state index in [1.807, 2.05) is 6.92 Å². The molecule has 1 unspecified atom stereocenters. The largest absolute Gasteiger partial charge is 0.478 e. The maximum absolute atomic E-state index is 11.1. The van der Waals surface area contributed by atoms with Crippen molar-refractivity contribution in [2.75, 3.05) is 26.9 Å². The second-order valence-electron chi connectivity index (χ2n) is 7.85. The minimum Gasteiger partial charge on any atom is -0.478 e. The maximum atomic E-state index is 11.1. The standard InChI is InChI=1S/C11H20O2.C7H10O3.C5H8O2.C4H6O2/c1-4-6-7-8-9-13-11(12)10(3)5-2;1-5(2)7(8)10-4-6-3-9-6;1-4(2)5(6)7-3;1-3(2)4(5)6/h3-9H2,1-2H3;6H,1,3-4H2,2H3;1H2,2-3H3;1H2,2H3,(H,5,6). The third-order valence-electron chi connectivity index (χ3n) is 4.00. The van der Waals surface area contributed by atoms with E-state index in [1.165, 1.54) is 26.9 Å². The predicted molar refractivity (Wildman–Crippen MR) is 139 cm³/mol. The average Bonchev–Trinajstić information content (AvgIpc) is 3.66. The van der Waals surface area contributed by atoms with Gasteiger partial charge >= 0.3 is 23.9 Å². The van der Waals surface area contributed by atoms with Crippen molar-refractivity contribution in [1.29, 1.82) is 0 Å². The molecular formula is C27H44O9. The second-order valence-corrected chi connectivity index (χ2v) is 7.85. The number of hydrogen-bond donors (Lipinski definition) is 1. The summed E-state index contributed by atoms with van der Waals surface area (Å²) >= 11 is 0. The van der Waals surface area contributed by atoms with E-state index in [-0.39, 0.29) is 29.6 Å². The van der Waals surface area contributed by atoms with Crippen LogP contribution in [0.4, 0.5) is 0 Å². The predicted octanol–water partition coefficient (Wildman–Crippen LogP) is 4.96. The lowest BCUT2D eigenvalue weighted by Crippen LogP contribution is -2.09. The van der Waals surface area contributed by atoms with Crippen LogP contribution in [0.3, 0.4) is 0 Å². The Morgan fingerprint density at radius 2 is 1.33 bits per heavy atom. The Labute approximate surface area is 215 Å². The van der Waals surface area contributed by atoms with Crippen LogP contribution < -0.4 is 0 Å². The molecule has 1 N–H and O–H groups in total. The van der Waals surface area contributed by atoms with E-state index in [4.69, 9.17) is 19.3 Å². The summed E-state index contributed by atoms with van der Waals surface area (Å²) < 4.78 is 18.9. The minimum absolute atomic E-state index is 0.142. The number of carbonyl (C=O) groups is 4. The maximum Gasteiger partial charge on any atom is 0.333 e. The quantitative estimate of drug-likeness (QED) is 0.127. The molecule has 0 saturated carbocycles. The van der Waals surface area contributed by atoms with Gasteiger partial charge in [0.25, 0.3) is 0 Å². The molecule has 0 spiro atoms. The molecule has 0 aromatic heterocycles. The van der Waals surface area contributed by atoms with E-state index in [2.05, 4.69) is 38.0 Å². The highest BCUT2D eigenvalue weighted by Gasteiger charge is 2.24. The van der Waals surface area contributed by atoms with Gasteiger partial charge in [-0.3, -0.25) is 0 Å². The molecule has 0 amide bonds. The van der Waals surface area contributed by atoms with Gasteiger partial charge < -0.3 is 24.1 Å². The van der Waals surface area contributed by atoms with Gasteiger partial charge in [0.15, 0.2) is 0 Å². The highest BCUT2D eigenvalue weighted by atomic mass is 16.6. The number of ether oxygens (including phenoxy) is 4. The summed E-state index contributed by atoms with van der Waals surface area (Å²) in [4.78, 5) is 41.6. The fraction of sp³-hybridized carbons (Fsp3) is 0.556. The van der Waals surface area contributed by atoms with Crippen LogP contribution in [0.2, 0.25) is 0 Å². The summed E-state index contributed by atoms with van der Waals surface area (Å²) in [6, 6.07) is 0. The Morgan fingerprint density at radius 3 is 1.64 bits per heavy atom. The van der Waals surface area contributed by atoms with Crippen molar-refractivity contribution in [2.45, 2.75) is 72.8 Å². The number of carboxylic acid groups (broad SMARTS) is 1. The lowest BCUT2D eigenvalue weighted by molar-refractivity contribution is -0.140. The average molecular weight is 513 g/mol. The number of carbonyl (C=O) groups excluding carboxylic acids is 3. The highest BCUT2D eigenvalue weighted by molar-refractivity contribution is 5.88. The van der Waals surface area contributed by atoms with Crippen LogP contribution in [-0.4, -0.2) is 62.0 Å². The molecule has 1 heterocycles. The summed E-state index contributed by atoms with van der Waals surface area (Å²) in [7, 11) is 1.33. The number of rotatable bonds is 12. The lowest BCUT2D eigenvalue weighted by Gasteiger charge is -2.04. The number of methoxy groups -OCH3 is 1. The van der Waals surface area contributed by atoms with Gasteiger partial charge in [-0.05, 0) is 33.6 Å². The first-order valence-corrected chi connectivity index (χ1v) is 11.7. The van der Waals surface area contributed by atoms with Crippen LogP contribution in [0.15, 0.2) is 48.6 Å². The first-order chi connectivity index (χ1) is 16.7. The van der Waals surface area contributed by atoms with E-state index >= 15 is 0 Å². The Balaban J connectivity index is -0.000000422. The fourth-order valence-corrected chi connectivity index (χ4v) is 1.57. The van der Waals surface area contributed by atoms with Crippen molar-refractivity contribution in [2.24, 2.45) is 0 Å². The van der Waals surface area contributed by atoms with E-state index in [0.717, 1.165) is 12.8 Å². The van der Waals surface area contributed by atoms with Gasteiger partial charge in [0.1, 0.15) is 12.7 Å². The van der Waals surface area contributed by atoms with Crippen molar-refractivity contribution < 1.29 is 43.2 Å². The monoisotopic (exact) mass is 512 g/mol. The van der Waals surface area contributed by atoms with Crippen molar-refractivity contribution in [1.82, 2.24) is 0 Å². The molecule has 1 saturated heterocycles. The first kappa shape index (κ1) is 37.4. The van der Waals surface area contributed by atoms with Crippen molar-refractivity contribution >= 4 is 23.9 Å². The van der Waals surface area contributed by atoms with Crippen molar-refractivity contribution in [3.63, 3.8) is 0 Å². The molecule has 9 nitrogen and oxygen atoms in total. The van der Waals surface area contributed by atoms with E-state index < -0.39 is 5.97 Å². The number of esters is 3. The van der Waals surface area contributed by atoms with Gasteiger partial charge in [-0.1, -0.05) is 59.4 Å². The summed E-state index contributed by atoms with van der Waals surface area (Å²) in [5.74, 6) is -1.86. The Bertz CT molecular complexity index is 734. The molecule has 36 heavy (non-hydrogen) atoms. The summed E-state index contributed by atoms with van der Waals surface area (Å²) in [5.41, 5.74) is 1.61. The SMILES string of the molecule is C=C(C)C(=O)O.C=C(C)C(=O)OC.C=C(C)C(=O)OCC1CO1.C=C(CC)C(=O)OCCCCCC. The van der Waals surface area contributed by atoms with Crippen LogP contribution in [0.25, 0.3) is 0 Å². The van der Waals surface area contributed by atoms with E-state index in [1.54, 1.807) is 13.8 Å². The topological polar surface area (TPSA) is 129 Å². The normalized spacial score (nSPS) is 12.3. The molecular weight excluding hydrogens is 468 g/mol. The molecule has 0 aromatic carbocycles. The Hall–Kier alpha value is -3.20. The lowest BCUT2D eigenvalue weighted by atomic mass is 10.2. The number of epoxide rings is 1. The molecule has 1 aliphatic heterocycles. The molecule has 1 rings (SSSR count). The zero-order valence-electron chi connectivity index (χ0n) is 22.8. The van der Waals surface area contributed by atoms with E-state index in [9.17, 15) is 19.2 Å². The van der Waals surface area contributed by atoms with Gasteiger partial charge in [0, 0.05) is 22.3 Å². The zero-order chi connectivity index (χ0) is 28.7. The first-order valence-electron chi connectivity index (χ1n) is 11.7. The van der Waals surface area contributed by atoms with Crippen molar-refractivity contribution in [3.8, 4) is 0 Å². The minimum atomic E-state index is -0.935. The smallest absolute Gasteiger partial charge is 0.333 e. The van der Waals surface area contributed by atoms with Crippen LogP contribution >= 0.6 is 0 Å². The zero-order valence-corrected chi connectivity index (χ0v) is 22.8. The van der Waals surface area contributed by atoms with Crippen molar-refractivity contribution in [3.05, 3.63) is 48.6 Å². The third kappa shape index (κ3) is 27.0. The number of hydrogen-bond acceptors (Lipinski definition) is 8. The molecule has 0 bridgehead atoms. The van der Waals surface area contributed by atoms with E-state index in [0.29, 0.717) is 43.0 Å². The van der Waals surface area contributed by atoms with Gasteiger partial charge in [-0.25, -0.2) is 19.2 Å². The van der Waals surface area contributed by atoms with Gasteiger partial charge in [-0.15, -0.1) is 0 Å². The molecule has 1 fully saturated rings. The molecule has 0 aliphatic carbocycles. The van der Waals surface area contributed by atoms with Crippen LogP contribution in [0, 0.1) is 0 Å². The molecule has 0 radical (unpaired) electrons. The number of aliphatic carboxylic acids is 1. The van der Waals surface area contributed by atoms with Crippen LogP contribution in [-0.2, 0) is 38.1 Å². The van der Waals surface area contributed by atoms with Gasteiger partial charge in [-0.2, -0.15) is 0 Å². The fourth-order valence-electron chi connectivity index (χ4n) is 1.57. The molecule has 9 heteroatoms. The molecule has 1 atom stereocenters. The van der Waals surface area contributed by atoms with Crippen LogP contribution in [0.5, 0.6) is 0 Å². The molecule has 206 valence electrons. The summed E-state index contributed by atoms with van der Waals surface area (Å²) in [6.07, 6.45) is 5.34. The molecule has 1 aliphatic rings. The second kappa shape index (κ2) is 23.5. The number of unbranched alkanes of at least 4 members (excludes halogenated alkanes) is 3. The third-order valence-corrected chi connectivity index (χ3v) is 4.00. The summed E-state index contributed by atoms with van der Waals surface area (Å²) in [6.45, 7) is 23.9. The highest BCUT2D eigenvalue weighted by Crippen LogP contribution is 2.09. The number of carboxylic acids is 1.